The van der Waals surface area contributed by atoms with Crippen LogP contribution in [0.4, 0.5) is 0 Å². The molecule has 0 aliphatic heterocycles. The number of hydrogen-bond acceptors (Lipinski definition) is 3. The number of rotatable bonds is 7. The van der Waals surface area contributed by atoms with Crippen LogP contribution in [0.1, 0.15) is 57.8 Å². The number of hydrogen-bond donors (Lipinski definition) is 1. The second-order valence-electron chi connectivity index (χ2n) is 5.49. The fourth-order valence-electron chi connectivity index (χ4n) is 3.26. The van der Waals surface area contributed by atoms with Crippen LogP contribution in [0.15, 0.2) is 21.2 Å². The van der Waals surface area contributed by atoms with Crippen LogP contribution in [0.2, 0.25) is 0 Å². The van der Waals surface area contributed by atoms with Crippen LogP contribution < -0.4 is 5.32 Å². The molecule has 4 heteroatoms. The van der Waals surface area contributed by atoms with Gasteiger partial charge in [-0.05, 0) is 54.2 Å². The standard InChI is InChI=1S/C16H26BrNO2/c1-3-18-14(16-13(17)10-11-20-16)15(19-4-2)12-8-6-5-7-9-12/h10-12,14-15,18H,3-9H2,1-2H3. The number of likely N-dealkylation sites (N-methyl/N-ethyl adjacent to an activating group) is 1. The predicted molar refractivity (Wildman–Crippen MR) is 84.8 cm³/mol. The van der Waals surface area contributed by atoms with Gasteiger partial charge in [-0.25, -0.2) is 0 Å². The van der Waals surface area contributed by atoms with Gasteiger partial charge in [-0.15, -0.1) is 0 Å². The zero-order chi connectivity index (χ0) is 14.4. The Morgan fingerprint density at radius 3 is 2.65 bits per heavy atom. The molecule has 2 rings (SSSR count). The number of ether oxygens (including phenoxy) is 1. The van der Waals surface area contributed by atoms with Crippen LogP contribution >= 0.6 is 15.9 Å². The summed E-state index contributed by atoms with van der Waals surface area (Å²) in [5.74, 6) is 1.60. The summed E-state index contributed by atoms with van der Waals surface area (Å²) in [4.78, 5) is 0. The van der Waals surface area contributed by atoms with E-state index >= 15 is 0 Å². The third kappa shape index (κ3) is 3.86. The van der Waals surface area contributed by atoms with E-state index in [1.165, 1.54) is 32.1 Å². The highest BCUT2D eigenvalue weighted by Gasteiger charge is 2.34. The van der Waals surface area contributed by atoms with Gasteiger partial charge >= 0.3 is 0 Å². The van der Waals surface area contributed by atoms with Gasteiger partial charge in [0.05, 0.1) is 22.9 Å². The van der Waals surface area contributed by atoms with E-state index in [0.717, 1.165) is 23.4 Å². The average Bonchev–Trinajstić information content (AvgIpc) is 2.90. The summed E-state index contributed by atoms with van der Waals surface area (Å²) in [7, 11) is 0. The number of halogens is 1. The molecule has 0 saturated heterocycles. The lowest BCUT2D eigenvalue weighted by molar-refractivity contribution is -0.0226. The van der Waals surface area contributed by atoms with Crippen LogP contribution in [-0.4, -0.2) is 19.3 Å². The van der Waals surface area contributed by atoms with E-state index < -0.39 is 0 Å². The van der Waals surface area contributed by atoms with Gasteiger partial charge in [-0.1, -0.05) is 26.2 Å². The third-order valence-electron chi connectivity index (χ3n) is 4.15. The maximum atomic E-state index is 6.13. The van der Waals surface area contributed by atoms with E-state index in [-0.39, 0.29) is 12.1 Å². The van der Waals surface area contributed by atoms with Crippen LogP contribution in [0.25, 0.3) is 0 Å². The van der Waals surface area contributed by atoms with Crippen molar-refractivity contribution < 1.29 is 9.15 Å². The van der Waals surface area contributed by atoms with Crippen molar-refractivity contribution in [3.8, 4) is 0 Å². The molecule has 2 atom stereocenters. The minimum Gasteiger partial charge on any atom is -0.466 e. The SMILES string of the molecule is CCNC(c1occc1Br)C(OCC)C1CCCCC1. The fraction of sp³-hybridized carbons (Fsp3) is 0.750. The molecule has 1 aliphatic rings. The molecule has 0 radical (unpaired) electrons. The fourth-order valence-corrected chi connectivity index (χ4v) is 3.71. The van der Waals surface area contributed by atoms with Gasteiger partial charge in [0.2, 0.25) is 0 Å². The van der Waals surface area contributed by atoms with Crippen LogP contribution in [0.3, 0.4) is 0 Å². The highest BCUT2D eigenvalue weighted by Crippen LogP contribution is 2.36. The van der Waals surface area contributed by atoms with E-state index in [2.05, 4.69) is 35.1 Å². The summed E-state index contributed by atoms with van der Waals surface area (Å²) in [6.07, 6.45) is 8.50. The molecule has 0 spiro atoms. The molecule has 1 aromatic rings. The number of nitrogens with one attached hydrogen (secondary N) is 1. The maximum absolute atomic E-state index is 6.13. The maximum Gasteiger partial charge on any atom is 0.137 e. The first-order chi connectivity index (χ1) is 9.77. The zero-order valence-electron chi connectivity index (χ0n) is 12.5. The molecule has 2 unspecified atom stereocenters. The lowest BCUT2D eigenvalue weighted by atomic mass is 9.82. The van der Waals surface area contributed by atoms with E-state index in [1.807, 2.05) is 6.07 Å². The molecule has 1 aliphatic carbocycles. The Kier molecular flexibility index (Phi) is 6.59. The van der Waals surface area contributed by atoms with Gasteiger partial charge in [0, 0.05) is 6.61 Å². The summed E-state index contributed by atoms with van der Waals surface area (Å²) in [5.41, 5.74) is 0. The second-order valence-corrected chi connectivity index (χ2v) is 6.34. The Hall–Kier alpha value is -0.320. The summed E-state index contributed by atoms with van der Waals surface area (Å²) in [6.45, 7) is 5.87. The van der Waals surface area contributed by atoms with Crippen molar-refractivity contribution in [3.05, 3.63) is 22.6 Å². The van der Waals surface area contributed by atoms with Crippen molar-refractivity contribution >= 4 is 15.9 Å². The van der Waals surface area contributed by atoms with E-state index in [0.29, 0.717) is 5.92 Å². The van der Waals surface area contributed by atoms with Gasteiger partial charge in [0.1, 0.15) is 5.76 Å². The minimum absolute atomic E-state index is 0.132. The van der Waals surface area contributed by atoms with Crippen molar-refractivity contribution in [1.82, 2.24) is 5.32 Å². The zero-order valence-corrected chi connectivity index (χ0v) is 14.1. The van der Waals surface area contributed by atoms with Crippen LogP contribution in [0.5, 0.6) is 0 Å². The van der Waals surface area contributed by atoms with E-state index in [4.69, 9.17) is 9.15 Å². The van der Waals surface area contributed by atoms with E-state index in [1.54, 1.807) is 6.26 Å². The molecule has 1 aromatic heterocycles. The Bertz CT molecular complexity index is 388. The van der Waals surface area contributed by atoms with Crippen molar-refractivity contribution in [2.45, 2.75) is 58.1 Å². The molecule has 1 fully saturated rings. The average molecular weight is 344 g/mol. The molecule has 0 amide bonds. The van der Waals surface area contributed by atoms with Gasteiger partial charge in [0.15, 0.2) is 0 Å². The Labute approximate surface area is 130 Å². The predicted octanol–water partition coefficient (Wildman–Crippen LogP) is 4.68. The lowest BCUT2D eigenvalue weighted by Crippen LogP contribution is -2.39. The summed E-state index contributed by atoms with van der Waals surface area (Å²) >= 11 is 3.59. The third-order valence-corrected chi connectivity index (χ3v) is 4.81. The minimum atomic E-state index is 0.132. The molecule has 3 nitrogen and oxygen atoms in total. The highest BCUT2D eigenvalue weighted by molar-refractivity contribution is 9.10. The molecule has 0 bridgehead atoms. The molecule has 20 heavy (non-hydrogen) atoms. The van der Waals surface area contributed by atoms with Crippen LogP contribution in [-0.2, 0) is 4.74 Å². The molecule has 1 saturated carbocycles. The van der Waals surface area contributed by atoms with Crippen LogP contribution in [0, 0.1) is 5.92 Å². The largest absolute Gasteiger partial charge is 0.466 e. The van der Waals surface area contributed by atoms with Gasteiger partial charge in [-0.3, -0.25) is 0 Å². The molecule has 1 heterocycles. The van der Waals surface area contributed by atoms with Crippen molar-refractivity contribution in [2.75, 3.05) is 13.2 Å². The lowest BCUT2D eigenvalue weighted by Gasteiger charge is -2.35. The second kappa shape index (κ2) is 8.20. The van der Waals surface area contributed by atoms with Crippen molar-refractivity contribution in [1.29, 1.82) is 0 Å². The van der Waals surface area contributed by atoms with Gasteiger partial charge < -0.3 is 14.5 Å². The number of furan rings is 1. The van der Waals surface area contributed by atoms with E-state index in [9.17, 15) is 0 Å². The van der Waals surface area contributed by atoms with Crippen molar-refractivity contribution in [2.24, 2.45) is 5.92 Å². The molecular formula is C16H26BrNO2. The van der Waals surface area contributed by atoms with Crippen molar-refractivity contribution in [3.63, 3.8) is 0 Å². The quantitative estimate of drug-likeness (QED) is 0.780. The monoisotopic (exact) mass is 343 g/mol. The topological polar surface area (TPSA) is 34.4 Å². The smallest absolute Gasteiger partial charge is 0.137 e. The molecule has 114 valence electrons. The molecular weight excluding hydrogens is 318 g/mol. The Morgan fingerprint density at radius 1 is 1.35 bits per heavy atom. The first kappa shape index (κ1) is 16.1. The summed E-state index contributed by atoms with van der Waals surface area (Å²) in [5, 5.41) is 3.56. The Balaban J connectivity index is 2.19. The summed E-state index contributed by atoms with van der Waals surface area (Å²) in [6, 6.07) is 2.09. The van der Waals surface area contributed by atoms with Gasteiger partial charge in [0.25, 0.3) is 0 Å². The normalized spacial score (nSPS) is 19.9. The molecule has 1 N–H and O–H groups in total. The molecule has 0 aromatic carbocycles. The first-order valence-electron chi connectivity index (χ1n) is 7.85. The van der Waals surface area contributed by atoms with Gasteiger partial charge in [-0.2, -0.15) is 0 Å². The summed E-state index contributed by atoms with van der Waals surface area (Å²) < 4.78 is 12.9. The first-order valence-corrected chi connectivity index (χ1v) is 8.65. The Morgan fingerprint density at radius 2 is 2.10 bits per heavy atom. The highest BCUT2D eigenvalue weighted by atomic mass is 79.9.